The van der Waals surface area contributed by atoms with Crippen molar-refractivity contribution in [3.05, 3.63) is 21.5 Å². The lowest BCUT2D eigenvalue weighted by molar-refractivity contribution is 0.472. The third kappa shape index (κ3) is 1.28. The molecule has 0 aliphatic carbocycles. The Kier molecular flexibility index (Phi) is 2.38. The van der Waals surface area contributed by atoms with Gasteiger partial charge < -0.3 is 9.67 Å². The fourth-order valence-electron chi connectivity index (χ4n) is 1.66. The molecule has 0 amide bonds. The number of nitrogens with zero attached hydrogens (tertiary/aromatic N) is 2. The molecule has 0 aliphatic heterocycles. The second kappa shape index (κ2) is 3.42. The molecule has 0 radical (unpaired) electrons. The van der Waals surface area contributed by atoms with Crippen LogP contribution in [0, 0.1) is 10.5 Å². The molecule has 0 spiro atoms. The minimum absolute atomic E-state index is 0.304. The fraction of sp³-hybridized carbons (Fsp3) is 0.300. The third-order valence-electron chi connectivity index (χ3n) is 2.35. The molecule has 74 valence electrons. The van der Waals surface area contributed by atoms with Gasteiger partial charge in [0.2, 0.25) is 0 Å². The van der Waals surface area contributed by atoms with E-state index in [-0.39, 0.29) is 0 Å². The number of fused-ring (bicyclic) bond motifs is 1. The maximum Gasteiger partial charge on any atom is 0.131 e. The van der Waals surface area contributed by atoms with Crippen LogP contribution < -0.4 is 0 Å². The zero-order chi connectivity index (χ0) is 10.3. The Balaban J connectivity index is 2.87. The van der Waals surface area contributed by atoms with Gasteiger partial charge in [-0.05, 0) is 48.6 Å². The highest BCUT2D eigenvalue weighted by Crippen LogP contribution is 2.28. The molecule has 0 unspecified atom stereocenters. The van der Waals surface area contributed by atoms with Gasteiger partial charge in [-0.1, -0.05) is 0 Å². The molecule has 0 saturated carbocycles. The van der Waals surface area contributed by atoms with Crippen molar-refractivity contribution < 1.29 is 5.11 Å². The van der Waals surface area contributed by atoms with Crippen molar-refractivity contribution >= 4 is 33.6 Å². The lowest BCUT2D eigenvalue weighted by Crippen LogP contribution is -1.95. The van der Waals surface area contributed by atoms with E-state index in [9.17, 15) is 5.11 Å². The van der Waals surface area contributed by atoms with Gasteiger partial charge in [0.15, 0.2) is 0 Å². The van der Waals surface area contributed by atoms with Crippen LogP contribution in [0.1, 0.15) is 12.7 Å². The van der Waals surface area contributed by atoms with Gasteiger partial charge in [0, 0.05) is 6.54 Å². The largest absolute Gasteiger partial charge is 0.507 e. The van der Waals surface area contributed by atoms with Crippen molar-refractivity contribution in [2.45, 2.75) is 20.4 Å². The van der Waals surface area contributed by atoms with Crippen LogP contribution in [0.15, 0.2) is 12.1 Å². The Morgan fingerprint density at radius 2 is 2.21 bits per heavy atom. The Hall–Kier alpha value is -0.780. The Bertz CT molecular complexity index is 490. The zero-order valence-corrected chi connectivity index (χ0v) is 10.2. The average Bonchev–Trinajstić information content (AvgIpc) is 2.49. The summed E-state index contributed by atoms with van der Waals surface area (Å²) < 4.78 is 2.96. The number of aromatic hydroxyl groups is 1. The molecule has 0 saturated heterocycles. The molecule has 2 rings (SSSR count). The molecule has 3 nitrogen and oxygen atoms in total. The van der Waals surface area contributed by atoms with E-state index in [0.717, 1.165) is 27.0 Å². The van der Waals surface area contributed by atoms with Gasteiger partial charge in [0.1, 0.15) is 17.1 Å². The van der Waals surface area contributed by atoms with Crippen LogP contribution >= 0.6 is 22.6 Å². The van der Waals surface area contributed by atoms with Crippen molar-refractivity contribution in [1.82, 2.24) is 9.55 Å². The van der Waals surface area contributed by atoms with Crippen molar-refractivity contribution in [2.75, 3.05) is 0 Å². The number of phenolic OH excluding ortho intramolecular Hbond substituents is 1. The number of imidazole rings is 1. The van der Waals surface area contributed by atoms with E-state index in [1.807, 2.05) is 13.0 Å². The average molecular weight is 302 g/mol. The molecule has 2 aromatic rings. The van der Waals surface area contributed by atoms with Crippen LogP contribution in [0.5, 0.6) is 5.75 Å². The predicted molar refractivity (Wildman–Crippen MR) is 64.5 cm³/mol. The molecule has 1 N–H and O–H groups in total. The van der Waals surface area contributed by atoms with Gasteiger partial charge in [-0.25, -0.2) is 4.98 Å². The number of aryl methyl sites for hydroxylation is 2. The minimum Gasteiger partial charge on any atom is -0.507 e. The number of halogens is 1. The first kappa shape index (κ1) is 9.76. The summed E-state index contributed by atoms with van der Waals surface area (Å²) in [7, 11) is 0. The lowest BCUT2D eigenvalue weighted by atomic mass is 10.3. The highest BCUT2D eigenvalue weighted by Gasteiger charge is 2.11. The van der Waals surface area contributed by atoms with Crippen LogP contribution in [-0.4, -0.2) is 14.7 Å². The smallest absolute Gasteiger partial charge is 0.131 e. The minimum atomic E-state index is 0.304. The molecule has 0 atom stereocenters. The number of hydrogen-bond donors (Lipinski definition) is 1. The monoisotopic (exact) mass is 302 g/mol. The highest BCUT2D eigenvalue weighted by molar-refractivity contribution is 14.1. The van der Waals surface area contributed by atoms with Crippen molar-refractivity contribution in [3.63, 3.8) is 0 Å². The van der Waals surface area contributed by atoms with E-state index in [1.165, 1.54) is 0 Å². The number of aromatic nitrogens is 2. The third-order valence-corrected chi connectivity index (χ3v) is 3.41. The van der Waals surface area contributed by atoms with Gasteiger partial charge in [-0.15, -0.1) is 0 Å². The molecule has 0 aliphatic rings. The van der Waals surface area contributed by atoms with E-state index in [2.05, 4.69) is 39.1 Å². The number of hydrogen-bond acceptors (Lipinski definition) is 2. The highest BCUT2D eigenvalue weighted by atomic mass is 127. The summed E-state index contributed by atoms with van der Waals surface area (Å²) in [6.07, 6.45) is 0. The molecule has 1 aromatic carbocycles. The summed E-state index contributed by atoms with van der Waals surface area (Å²) in [5, 5.41) is 9.53. The van der Waals surface area contributed by atoms with E-state index in [1.54, 1.807) is 6.07 Å². The molecular weight excluding hydrogens is 291 g/mol. The standard InChI is InChI=1S/C10H11IN2O/c1-3-13-6(2)12-10-7(13)4-5-8(14)9(10)11/h4-5,14H,3H2,1-2H3. The van der Waals surface area contributed by atoms with Gasteiger partial charge in [0.25, 0.3) is 0 Å². The van der Waals surface area contributed by atoms with E-state index < -0.39 is 0 Å². The van der Waals surface area contributed by atoms with Gasteiger partial charge in [0.05, 0.1) is 9.09 Å². The van der Waals surface area contributed by atoms with E-state index >= 15 is 0 Å². The maximum absolute atomic E-state index is 9.53. The number of rotatable bonds is 1. The first-order chi connectivity index (χ1) is 6.65. The maximum atomic E-state index is 9.53. The zero-order valence-electron chi connectivity index (χ0n) is 8.08. The molecule has 4 heteroatoms. The molecule has 0 bridgehead atoms. The SMILES string of the molecule is CCn1c(C)nc2c(I)c(O)ccc21. The van der Waals surface area contributed by atoms with Crippen molar-refractivity contribution in [1.29, 1.82) is 0 Å². The molecular formula is C10H11IN2O. The van der Waals surface area contributed by atoms with Crippen LogP contribution in [0.2, 0.25) is 0 Å². The molecule has 14 heavy (non-hydrogen) atoms. The second-order valence-electron chi connectivity index (χ2n) is 3.17. The second-order valence-corrected chi connectivity index (χ2v) is 4.25. The summed E-state index contributed by atoms with van der Waals surface area (Å²) in [4.78, 5) is 4.44. The van der Waals surface area contributed by atoms with Gasteiger partial charge >= 0.3 is 0 Å². The number of phenols is 1. The van der Waals surface area contributed by atoms with Crippen LogP contribution in [0.4, 0.5) is 0 Å². The predicted octanol–water partition coefficient (Wildman–Crippen LogP) is 2.67. The lowest BCUT2D eigenvalue weighted by Gasteiger charge is -2.02. The molecule has 1 heterocycles. The summed E-state index contributed by atoms with van der Waals surface area (Å²) in [6.45, 7) is 4.98. The van der Waals surface area contributed by atoms with Crippen LogP contribution in [0.3, 0.4) is 0 Å². The molecule has 0 fully saturated rings. The summed E-state index contributed by atoms with van der Waals surface area (Å²) in [5.41, 5.74) is 1.98. The van der Waals surface area contributed by atoms with Crippen LogP contribution in [-0.2, 0) is 6.54 Å². The Labute approximate surface area is 95.9 Å². The topological polar surface area (TPSA) is 38.0 Å². The normalized spacial score (nSPS) is 11.1. The Morgan fingerprint density at radius 3 is 2.86 bits per heavy atom. The summed E-state index contributed by atoms with van der Waals surface area (Å²) in [5.74, 6) is 1.30. The van der Waals surface area contributed by atoms with Gasteiger partial charge in [-0.3, -0.25) is 0 Å². The van der Waals surface area contributed by atoms with Crippen molar-refractivity contribution in [2.24, 2.45) is 0 Å². The number of benzene rings is 1. The summed E-state index contributed by atoms with van der Waals surface area (Å²) >= 11 is 2.12. The van der Waals surface area contributed by atoms with Crippen LogP contribution in [0.25, 0.3) is 11.0 Å². The quantitative estimate of drug-likeness (QED) is 0.823. The molecule has 1 aromatic heterocycles. The fourth-order valence-corrected chi connectivity index (χ4v) is 2.24. The van der Waals surface area contributed by atoms with Gasteiger partial charge in [-0.2, -0.15) is 0 Å². The van der Waals surface area contributed by atoms with E-state index in [4.69, 9.17) is 0 Å². The Morgan fingerprint density at radius 1 is 1.50 bits per heavy atom. The first-order valence-electron chi connectivity index (χ1n) is 4.49. The summed E-state index contributed by atoms with van der Waals surface area (Å²) in [6, 6.07) is 3.63. The van der Waals surface area contributed by atoms with Crippen molar-refractivity contribution in [3.8, 4) is 5.75 Å². The first-order valence-corrected chi connectivity index (χ1v) is 5.57. The van der Waals surface area contributed by atoms with E-state index in [0.29, 0.717) is 5.75 Å².